The molecule has 3 rings (SSSR count). The maximum atomic E-state index is 13.5. The number of benzene rings is 3. The Hall–Kier alpha value is -2.51. The van der Waals surface area contributed by atoms with E-state index < -0.39 is 10.0 Å². The predicted molar refractivity (Wildman–Crippen MR) is 126 cm³/mol. The molecule has 3 nitrogen and oxygen atoms in total. The zero-order valence-electron chi connectivity index (χ0n) is 17.4. The van der Waals surface area contributed by atoms with Crippen LogP contribution in [0.1, 0.15) is 30.9 Å². The van der Waals surface area contributed by atoms with Crippen LogP contribution in [0.25, 0.3) is 0 Å². The number of aryl methyl sites for hydroxylation is 1. The third-order valence-electron chi connectivity index (χ3n) is 4.64. The molecule has 0 saturated heterocycles. The summed E-state index contributed by atoms with van der Waals surface area (Å²) in [7, 11) is -3.73. The first kappa shape index (κ1) is 22.2. The van der Waals surface area contributed by atoms with E-state index in [9.17, 15) is 8.42 Å². The molecule has 0 heterocycles. The molecule has 0 aliphatic heterocycles. The number of nitrogens with zero attached hydrogens (tertiary/aromatic N) is 1. The summed E-state index contributed by atoms with van der Waals surface area (Å²) in [6, 6.07) is 24.7. The van der Waals surface area contributed by atoms with Crippen molar-refractivity contribution >= 4 is 35.1 Å². The van der Waals surface area contributed by atoms with E-state index in [0.717, 1.165) is 11.1 Å². The Balaban J connectivity index is 1.98. The Labute approximate surface area is 186 Å². The fourth-order valence-electron chi connectivity index (χ4n) is 3.03. The summed E-state index contributed by atoms with van der Waals surface area (Å²) in [5.74, 6) is 3.30. The van der Waals surface area contributed by atoms with E-state index >= 15 is 0 Å². The van der Waals surface area contributed by atoms with Crippen molar-refractivity contribution < 1.29 is 8.42 Å². The second-order valence-corrected chi connectivity index (χ2v) is 10.9. The van der Waals surface area contributed by atoms with Crippen molar-refractivity contribution in [3.63, 3.8) is 0 Å². The predicted octanol–water partition coefficient (Wildman–Crippen LogP) is 4.30. The zero-order chi connectivity index (χ0) is 21.6. The van der Waals surface area contributed by atoms with Crippen LogP contribution in [0.3, 0.4) is 0 Å². The second kappa shape index (κ2) is 10.00. The van der Waals surface area contributed by atoms with Gasteiger partial charge < -0.3 is 0 Å². The second-order valence-electron chi connectivity index (χ2n) is 7.23. The number of hydrogen-bond acceptors (Lipinski definition) is 2. The van der Waals surface area contributed by atoms with Crippen LogP contribution in [0.5, 0.6) is 0 Å². The summed E-state index contributed by atoms with van der Waals surface area (Å²) >= 11 is -0.0158. The molecule has 0 unspecified atom stereocenters. The van der Waals surface area contributed by atoms with Crippen molar-refractivity contribution in [2.45, 2.75) is 31.6 Å². The SMILES string of the molecule is Cc1ccc(S(=O)(=O)N(CC#C[Se]c2ccccc2)c2ccccc2C(C)C)cc1. The summed E-state index contributed by atoms with van der Waals surface area (Å²) in [6.45, 7) is 6.20. The zero-order valence-corrected chi connectivity index (χ0v) is 19.9. The first-order valence-corrected chi connectivity index (χ1v) is 12.9. The van der Waals surface area contributed by atoms with Crippen molar-refractivity contribution in [3.8, 4) is 10.7 Å². The average molecular weight is 483 g/mol. The van der Waals surface area contributed by atoms with E-state index in [2.05, 4.69) is 24.6 Å². The Bertz CT molecular complexity index is 1150. The van der Waals surface area contributed by atoms with E-state index in [4.69, 9.17) is 0 Å². The Kier molecular flexibility index (Phi) is 7.39. The molecule has 0 saturated carbocycles. The van der Waals surface area contributed by atoms with Gasteiger partial charge in [0.25, 0.3) is 0 Å². The van der Waals surface area contributed by atoms with E-state index in [1.807, 2.05) is 73.7 Å². The third-order valence-corrected chi connectivity index (χ3v) is 8.00. The van der Waals surface area contributed by atoms with Crippen LogP contribution in [0.4, 0.5) is 5.69 Å². The molecular weight excluding hydrogens is 457 g/mol. The molecule has 0 atom stereocenters. The normalized spacial score (nSPS) is 11.1. The molecule has 0 bridgehead atoms. The van der Waals surface area contributed by atoms with Crippen LogP contribution >= 0.6 is 0 Å². The first-order chi connectivity index (χ1) is 14.4. The molecule has 30 heavy (non-hydrogen) atoms. The van der Waals surface area contributed by atoms with E-state index in [1.165, 1.54) is 8.77 Å². The molecule has 0 aromatic heterocycles. The van der Waals surface area contributed by atoms with Gasteiger partial charge in [-0.3, -0.25) is 0 Å². The van der Waals surface area contributed by atoms with E-state index in [1.54, 1.807) is 12.1 Å². The minimum atomic E-state index is -3.73. The minimum absolute atomic E-state index is 0.0158. The molecule has 3 aromatic rings. The van der Waals surface area contributed by atoms with Crippen LogP contribution in [-0.2, 0) is 10.0 Å². The number of rotatable bonds is 6. The molecule has 0 aliphatic carbocycles. The van der Waals surface area contributed by atoms with Crippen LogP contribution in [0.15, 0.2) is 83.8 Å². The van der Waals surface area contributed by atoms with E-state index in [-0.39, 0.29) is 32.3 Å². The van der Waals surface area contributed by atoms with Crippen molar-refractivity contribution in [1.82, 2.24) is 0 Å². The monoisotopic (exact) mass is 483 g/mol. The van der Waals surface area contributed by atoms with Crippen LogP contribution < -0.4 is 8.77 Å². The van der Waals surface area contributed by atoms with E-state index in [0.29, 0.717) is 5.69 Å². The van der Waals surface area contributed by atoms with Gasteiger partial charge in [0.1, 0.15) is 0 Å². The first-order valence-electron chi connectivity index (χ1n) is 9.77. The van der Waals surface area contributed by atoms with Gasteiger partial charge >= 0.3 is 187 Å². The summed E-state index contributed by atoms with van der Waals surface area (Å²) in [5.41, 5.74) is 2.70. The molecule has 0 spiro atoms. The summed E-state index contributed by atoms with van der Waals surface area (Å²) in [5, 5.41) is 0. The average Bonchev–Trinajstić information content (AvgIpc) is 2.74. The topological polar surface area (TPSA) is 37.4 Å². The summed E-state index contributed by atoms with van der Waals surface area (Å²) in [4.78, 5) is 3.47. The molecule has 0 N–H and O–H groups in total. The van der Waals surface area contributed by atoms with Gasteiger partial charge in [0.2, 0.25) is 0 Å². The standard InChI is InChI=1S/C25H25NO2SSe/c1-20(2)24-12-7-8-13-25(24)26(18-9-19-30-23-10-5-4-6-11-23)29(27,28)22-16-14-21(3)15-17-22/h4-8,10-17,20H,18H2,1-3H3. The molecule has 0 radical (unpaired) electrons. The molecule has 0 fully saturated rings. The van der Waals surface area contributed by atoms with Gasteiger partial charge in [0.15, 0.2) is 0 Å². The number of para-hydroxylation sites is 1. The Morgan fingerprint density at radius 2 is 1.53 bits per heavy atom. The van der Waals surface area contributed by atoms with Gasteiger partial charge in [-0.2, -0.15) is 0 Å². The molecular formula is C25H25NO2SSe. The van der Waals surface area contributed by atoms with Gasteiger partial charge in [-0.15, -0.1) is 0 Å². The molecule has 154 valence electrons. The van der Waals surface area contributed by atoms with Gasteiger partial charge in [0.05, 0.1) is 0 Å². The van der Waals surface area contributed by atoms with Crippen molar-refractivity contribution in [2.75, 3.05) is 10.8 Å². The fraction of sp³-hybridized carbons (Fsp3) is 0.200. The van der Waals surface area contributed by atoms with Crippen molar-refractivity contribution in [1.29, 1.82) is 0 Å². The Morgan fingerprint density at radius 3 is 2.20 bits per heavy atom. The van der Waals surface area contributed by atoms with Gasteiger partial charge in [-0.25, -0.2) is 0 Å². The third kappa shape index (κ3) is 5.34. The number of hydrogen-bond donors (Lipinski definition) is 0. The molecule has 0 amide bonds. The van der Waals surface area contributed by atoms with Crippen molar-refractivity contribution in [3.05, 3.63) is 90.0 Å². The quantitative estimate of drug-likeness (QED) is 0.388. The molecule has 5 heteroatoms. The Morgan fingerprint density at radius 1 is 0.900 bits per heavy atom. The molecule has 3 aromatic carbocycles. The van der Waals surface area contributed by atoms with Gasteiger partial charge in [-0.1, -0.05) is 0 Å². The summed E-state index contributed by atoms with van der Waals surface area (Å²) < 4.78 is 29.7. The number of sulfonamides is 1. The van der Waals surface area contributed by atoms with Crippen LogP contribution in [-0.4, -0.2) is 29.9 Å². The van der Waals surface area contributed by atoms with Gasteiger partial charge in [0, 0.05) is 0 Å². The summed E-state index contributed by atoms with van der Waals surface area (Å²) in [6.07, 6.45) is 0. The molecule has 0 aliphatic rings. The van der Waals surface area contributed by atoms with Gasteiger partial charge in [-0.05, 0) is 0 Å². The fourth-order valence-corrected chi connectivity index (χ4v) is 5.57. The maximum absolute atomic E-state index is 13.5. The van der Waals surface area contributed by atoms with Crippen LogP contribution in [0.2, 0.25) is 0 Å². The van der Waals surface area contributed by atoms with Crippen LogP contribution in [0, 0.1) is 17.7 Å². The van der Waals surface area contributed by atoms with Crippen molar-refractivity contribution in [2.24, 2.45) is 0 Å². The number of anilines is 1.